The maximum atomic E-state index is 11.8. The zero-order valence-electron chi connectivity index (χ0n) is 9.60. The van der Waals surface area contributed by atoms with Crippen LogP contribution in [0, 0.1) is 0 Å². The Morgan fingerprint density at radius 3 is 3.24 bits per heavy atom. The number of aliphatic hydroxyl groups is 1. The normalized spacial score (nSPS) is 15.8. The van der Waals surface area contributed by atoms with Gasteiger partial charge in [-0.3, -0.25) is 4.79 Å². The van der Waals surface area contributed by atoms with E-state index in [0.29, 0.717) is 12.0 Å². The third-order valence-electron chi connectivity index (χ3n) is 2.47. The Kier molecular flexibility index (Phi) is 3.39. The van der Waals surface area contributed by atoms with Crippen molar-refractivity contribution in [2.24, 2.45) is 0 Å². The van der Waals surface area contributed by atoms with Crippen LogP contribution in [0.3, 0.4) is 0 Å². The van der Waals surface area contributed by atoms with Crippen molar-refractivity contribution in [2.75, 3.05) is 6.54 Å². The van der Waals surface area contributed by atoms with Gasteiger partial charge in [0.15, 0.2) is 0 Å². The topological polar surface area (TPSA) is 78.0 Å². The van der Waals surface area contributed by atoms with Gasteiger partial charge in [-0.05, 0) is 19.4 Å². The molecular weight excluding hydrogens is 218 g/mol. The number of rotatable bonds is 3. The molecule has 17 heavy (non-hydrogen) atoms. The molecule has 0 aromatic carbocycles. The number of hydrogen-bond acceptors (Lipinski definition) is 3. The van der Waals surface area contributed by atoms with E-state index in [2.05, 4.69) is 15.3 Å². The molecule has 0 radical (unpaired) electrons. The summed E-state index contributed by atoms with van der Waals surface area (Å²) in [4.78, 5) is 18.9. The predicted octanol–water partition coefficient (Wildman–Crippen LogP) is -1.20. The molecule has 1 aromatic heterocycles. The van der Waals surface area contributed by atoms with Gasteiger partial charge >= 0.3 is 0 Å². The number of aliphatic hydroxyl groups excluding tert-OH is 1. The van der Waals surface area contributed by atoms with Gasteiger partial charge in [-0.2, -0.15) is 0 Å². The first-order valence-corrected chi connectivity index (χ1v) is 5.54. The Morgan fingerprint density at radius 1 is 1.65 bits per heavy atom. The number of H-pyrrole nitrogens is 1. The van der Waals surface area contributed by atoms with Crippen LogP contribution in [0.25, 0.3) is 12.2 Å². The lowest BCUT2D eigenvalue weighted by atomic mass is 10.2. The van der Waals surface area contributed by atoms with Crippen molar-refractivity contribution in [3.8, 4) is 0 Å². The van der Waals surface area contributed by atoms with Gasteiger partial charge in [-0.25, -0.2) is 4.98 Å². The summed E-state index contributed by atoms with van der Waals surface area (Å²) in [7, 11) is 0. The van der Waals surface area contributed by atoms with Crippen LogP contribution in [0.1, 0.15) is 13.3 Å². The fourth-order valence-corrected chi connectivity index (χ4v) is 1.61. The van der Waals surface area contributed by atoms with Gasteiger partial charge in [0.1, 0.15) is 0 Å². The Hall–Kier alpha value is -1.88. The van der Waals surface area contributed by atoms with Crippen LogP contribution >= 0.6 is 0 Å². The van der Waals surface area contributed by atoms with E-state index in [0.717, 1.165) is 10.7 Å². The van der Waals surface area contributed by atoms with Crippen molar-refractivity contribution in [1.82, 2.24) is 15.3 Å². The van der Waals surface area contributed by atoms with E-state index in [-0.39, 0.29) is 12.5 Å². The maximum Gasteiger partial charge on any atom is 0.251 e. The number of carbonyl (C=O) groups is 1. The molecule has 90 valence electrons. The van der Waals surface area contributed by atoms with Gasteiger partial charge < -0.3 is 15.4 Å². The molecule has 5 nitrogen and oxygen atoms in total. The Balaban J connectivity index is 2.17. The van der Waals surface area contributed by atoms with Crippen molar-refractivity contribution in [1.29, 1.82) is 0 Å². The zero-order chi connectivity index (χ0) is 12.3. The molecular formula is C12H15N3O2. The summed E-state index contributed by atoms with van der Waals surface area (Å²) in [5.74, 6) is -0.179. The molecule has 1 aliphatic carbocycles. The van der Waals surface area contributed by atoms with E-state index in [1.165, 1.54) is 0 Å². The molecule has 0 saturated carbocycles. The lowest BCUT2D eigenvalue weighted by Crippen LogP contribution is -2.32. The van der Waals surface area contributed by atoms with Crippen molar-refractivity contribution in [3.05, 3.63) is 28.7 Å². The van der Waals surface area contributed by atoms with Gasteiger partial charge in [-0.15, -0.1) is 0 Å². The van der Waals surface area contributed by atoms with E-state index < -0.39 is 6.10 Å². The Bertz CT molecular complexity index is 555. The summed E-state index contributed by atoms with van der Waals surface area (Å²) in [6.07, 6.45) is 7.30. The van der Waals surface area contributed by atoms with Gasteiger partial charge in [0.25, 0.3) is 5.91 Å². The Morgan fingerprint density at radius 2 is 2.47 bits per heavy atom. The van der Waals surface area contributed by atoms with Crippen molar-refractivity contribution in [2.45, 2.75) is 19.4 Å². The first-order valence-electron chi connectivity index (χ1n) is 5.54. The molecule has 0 saturated heterocycles. The summed E-state index contributed by atoms with van der Waals surface area (Å²) in [5.41, 5.74) is 0.588. The van der Waals surface area contributed by atoms with E-state index in [4.69, 9.17) is 5.11 Å². The van der Waals surface area contributed by atoms with Crippen LogP contribution in [0.5, 0.6) is 0 Å². The standard InChI is InChI=1S/C12H15N3O2/c1-8(16)6-13-12(17)9-3-2-4-10-11(5-9)15-7-14-10/h3-5,7-8,16H,2,6H2,1H3,(H,13,17)(H,14,15). The summed E-state index contributed by atoms with van der Waals surface area (Å²) in [6, 6.07) is 0. The van der Waals surface area contributed by atoms with E-state index in [1.807, 2.05) is 12.2 Å². The van der Waals surface area contributed by atoms with Crippen LogP contribution in [-0.4, -0.2) is 33.6 Å². The molecule has 1 amide bonds. The molecule has 1 unspecified atom stereocenters. The number of nitrogens with zero attached hydrogens (tertiary/aromatic N) is 1. The largest absolute Gasteiger partial charge is 0.392 e. The second kappa shape index (κ2) is 4.97. The van der Waals surface area contributed by atoms with Gasteiger partial charge in [0.05, 0.1) is 23.1 Å². The number of carbonyl (C=O) groups excluding carboxylic acids is 1. The smallest absolute Gasteiger partial charge is 0.251 e. The number of aromatic nitrogens is 2. The first kappa shape index (κ1) is 11.6. The summed E-state index contributed by atoms with van der Waals surface area (Å²) in [5, 5.41) is 13.5. The minimum Gasteiger partial charge on any atom is -0.392 e. The molecule has 1 heterocycles. The second-order valence-corrected chi connectivity index (χ2v) is 4.00. The van der Waals surface area contributed by atoms with Crippen LogP contribution in [0.4, 0.5) is 0 Å². The molecule has 1 aliphatic rings. The van der Waals surface area contributed by atoms with Gasteiger partial charge in [0.2, 0.25) is 0 Å². The molecule has 1 aromatic rings. The molecule has 5 heteroatoms. The number of allylic oxidation sites excluding steroid dienone is 1. The minimum atomic E-state index is -0.542. The van der Waals surface area contributed by atoms with Crippen LogP contribution in [0.15, 0.2) is 18.0 Å². The molecule has 2 rings (SSSR count). The predicted molar refractivity (Wildman–Crippen MR) is 64.2 cm³/mol. The van der Waals surface area contributed by atoms with E-state index in [1.54, 1.807) is 19.3 Å². The lowest BCUT2D eigenvalue weighted by molar-refractivity contribution is -0.117. The van der Waals surface area contributed by atoms with Crippen LogP contribution in [-0.2, 0) is 4.79 Å². The quantitative estimate of drug-likeness (QED) is 0.613. The van der Waals surface area contributed by atoms with E-state index in [9.17, 15) is 4.79 Å². The fraction of sp³-hybridized carbons (Fsp3) is 0.333. The zero-order valence-corrected chi connectivity index (χ0v) is 9.60. The number of imidazole rings is 1. The highest BCUT2D eigenvalue weighted by atomic mass is 16.3. The summed E-state index contributed by atoms with van der Waals surface area (Å²) in [6.45, 7) is 1.88. The van der Waals surface area contributed by atoms with Crippen LogP contribution in [0.2, 0.25) is 0 Å². The molecule has 0 fully saturated rings. The summed E-state index contributed by atoms with van der Waals surface area (Å²) < 4.78 is 0. The number of aromatic amines is 1. The number of hydrogen-bond donors (Lipinski definition) is 3. The van der Waals surface area contributed by atoms with Crippen molar-refractivity contribution >= 4 is 18.1 Å². The number of fused-ring (bicyclic) bond motifs is 1. The molecule has 0 bridgehead atoms. The average Bonchev–Trinajstić information content (AvgIpc) is 2.63. The maximum absolute atomic E-state index is 11.8. The highest BCUT2D eigenvalue weighted by molar-refractivity contribution is 6.01. The minimum absolute atomic E-state index is 0.179. The SMILES string of the molecule is CC(O)CNC(=O)C1=CCC=c2nc[nH]c2=C1. The average molecular weight is 233 g/mol. The molecule has 3 N–H and O–H groups in total. The Labute approximate surface area is 98.6 Å². The highest BCUT2D eigenvalue weighted by Crippen LogP contribution is 2.01. The molecule has 0 aliphatic heterocycles. The molecule has 0 spiro atoms. The van der Waals surface area contributed by atoms with Gasteiger partial charge in [-0.1, -0.05) is 12.2 Å². The highest BCUT2D eigenvalue weighted by Gasteiger charge is 2.08. The van der Waals surface area contributed by atoms with Gasteiger partial charge in [0, 0.05) is 12.1 Å². The monoisotopic (exact) mass is 233 g/mol. The van der Waals surface area contributed by atoms with Crippen LogP contribution < -0.4 is 16.0 Å². The molecule has 1 atom stereocenters. The first-order chi connectivity index (χ1) is 8.16. The summed E-state index contributed by atoms with van der Waals surface area (Å²) >= 11 is 0. The second-order valence-electron chi connectivity index (χ2n) is 4.00. The third kappa shape index (κ3) is 2.82. The third-order valence-corrected chi connectivity index (χ3v) is 2.47. The number of nitrogens with one attached hydrogen (secondary N) is 2. The fourth-order valence-electron chi connectivity index (χ4n) is 1.61. The van der Waals surface area contributed by atoms with Crippen molar-refractivity contribution < 1.29 is 9.90 Å². The lowest BCUT2D eigenvalue weighted by Gasteiger charge is -2.07. The van der Waals surface area contributed by atoms with Crippen molar-refractivity contribution in [3.63, 3.8) is 0 Å². The van der Waals surface area contributed by atoms with E-state index >= 15 is 0 Å². The number of amides is 1.